The van der Waals surface area contributed by atoms with Gasteiger partial charge in [-0.05, 0) is 66.6 Å². The molecule has 0 aromatic heterocycles. The van der Waals surface area contributed by atoms with Gasteiger partial charge in [-0.3, -0.25) is 4.79 Å². The summed E-state index contributed by atoms with van der Waals surface area (Å²) in [5.41, 5.74) is 0.184. The summed E-state index contributed by atoms with van der Waals surface area (Å²) in [6, 6.07) is 1.98. The van der Waals surface area contributed by atoms with Gasteiger partial charge in [0.1, 0.15) is 0 Å². The molecule has 1 atom stereocenters. The number of benzene rings is 1. The lowest BCUT2D eigenvalue weighted by Gasteiger charge is -2.23. The lowest BCUT2D eigenvalue weighted by molar-refractivity contribution is 0.0943. The van der Waals surface area contributed by atoms with Crippen molar-refractivity contribution in [3.8, 4) is 0 Å². The van der Waals surface area contributed by atoms with E-state index in [4.69, 9.17) is 0 Å². The van der Waals surface area contributed by atoms with Crippen LogP contribution in [-0.4, -0.2) is 25.5 Å². The Morgan fingerprint density at radius 1 is 1.40 bits per heavy atom. The lowest BCUT2D eigenvalue weighted by Crippen LogP contribution is -2.38. The molecule has 1 aromatic rings. The second-order valence-corrected chi connectivity index (χ2v) is 5.83. The number of rotatable bonds is 3. The zero-order valence-electron chi connectivity index (χ0n) is 10.7. The Balaban J connectivity index is 0.00000200. The van der Waals surface area contributed by atoms with Crippen molar-refractivity contribution in [2.45, 2.75) is 12.8 Å². The molecule has 2 N–H and O–H groups in total. The van der Waals surface area contributed by atoms with Gasteiger partial charge in [0.15, 0.2) is 11.6 Å². The van der Waals surface area contributed by atoms with Gasteiger partial charge in [-0.1, -0.05) is 0 Å². The van der Waals surface area contributed by atoms with Gasteiger partial charge in [-0.25, -0.2) is 8.78 Å². The van der Waals surface area contributed by atoms with Gasteiger partial charge in [-0.2, -0.15) is 0 Å². The first-order chi connectivity index (χ1) is 9.08. The summed E-state index contributed by atoms with van der Waals surface area (Å²) in [5, 5.41) is 6.05. The molecule has 1 aliphatic rings. The van der Waals surface area contributed by atoms with E-state index < -0.39 is 11.6 Å². The standard InChI is InChI=1S/C13H15F2IN2O.ClH/c14-10-4-9(12(16)5-11(10)15)13(19)18-7-8-2-1-3-17-6-8;/h4-5,8,17H,1-3,6-7H2,(H,18,19);1H. The van der Waals surface area contributed by atoms with Gasteiger partial charge in [0.2, 0.25) is 0 Å². The van der Waals surface area contributed by atoms with Crippen LogP contribution in [0.25, 0.3) is 0 Å². The lowest BCUT2D eigenvalue weighted by atomic mass is 9.99. The summed E-state index contributed by atoms with van der Waals surface area (Å²) < 4.78 is 26.5. The molecule has 0 aliphatic carbocycles. The summed E-state index contributed by atoms with van der Waals surface area (Å²) in [4.78, 5) is 11.9. The third-order valence-electron chi connectivity index (χ3n) is 3.20. The van der Waals surface area contributed by atoms with Crippen LogP contribution in [0.1, 0.15) is 23.2 Å². The minimum atomic E-state index is -0.995. The van der Waals surface area contributed by atoms with Crippen molar-refractivity contribution in [1.29, 1.82) is 0 Å². The predicted molar refractivity (Wildman–Crippen MR) is 84.2 cm³/mol. The van der Waals surface area contributed by atoms with Crippen molar-refractivity contribution < 1.29 is 13.6 Å². The van der Waals surface area contributed by atoms with E-state index in [0.29, 0.717) is 16.0 Å². The van der Waals surface area contributed by atoms with Crippen LogP contribution < -0.4 is 10.6 Å². The fourth-order valence-electron chi connectivity index (χ4n) is 2.13. The second kappa shape index (κ2) is 8.09. The molecule has 3 nitrogen and oxygen atoms in total. The number of hydrogen-bond donors (Lipinski definition) is 2. The van der Waals surface area contributed by atoms with E-state index in [0.717, 1.165) is 38.1 Å². The number of carbonyl (C=O) groups is 1. The summed E-state index contributed by atoms with van der Waals surface area (Å²) >= 11 is 1.83. The van der Waals surface area contributed by atoms with Crippen molar-refractivity contribution in [2.24, 2.45) is 5.92 Å². The van der Waals surface area contributed by atoms with E-state index in [9.17, 15) is 13.6 Å². The van der Waals surface area contributed by atoms with E-state index in [1.165, 1.54) is 0 Å². The van der Waals surface area contributed by atoms with Crippen molar-refractivity contribution in [2.75, 3.05) is 19.6 Å². The van der Waals surface area contributed by atoms with Crippen LogP contribution in [-0.2, 0) is 0 Å². The smallest absolute Gasteiger partial charge is 0.252 e. The number of carbonyl (C=O) groups excluding carboxylic acids is 1. The van der Waals surface area contributed by atoms with Crippen LogP contribution in [0.2, 0.25) is 0 Å². The Kier molecular flexibility index (Phi) is 7.11. The monoisotopic (exact) mass is 416 g/mol. The Morgan fingerprint density at radius 2 is 2.10 bits per heavy atom. The Morgan fingerprint density at radius 3 is 2.75 bits per heavy atom. The minimum absolute atomic E-state index is 0. The highest BCUT2D eigenvalue weighted by molar-refractivity contribution is 14.1. The SMILES string of the molecule is Cl.O=C(NCC1CCCNC1)c1cc(F)c(F)cc1I. The zero-order chi connectivity index (χ0) is 13.8. The molecule has 1 heterocycles. The van der Waals surface area contributed by atoms with E-state index in [-0.39, 0.29) is 23.9 Å². The molecule has 1 fully saturated rings. The molecule has 1 amide bonds. The van der Waals surface area contributed by atoms with Crippen LogP contribution in [0.3, 0.4) is 0 Å². The Hall–Kier alpha value is -0.470. The summed E-state index contributed by atoms with van der Waals surface area (Å²) in [6.45, 7) is 2.46. The maximum absolute atomic E-state index is 13.1. The van der Waals surface area contributed by atoms with Gasteiger partial charge < -0.3 is 10.6 Å². The summed E-state index contributed by atoms with van der Waals surface area (Å²) in [7, 11) is 0. The van der Waals surface area contributed by atoms with Crippen molar-refractivity contribution in [3.05, 3.63) is 32.9 Å². The normalized spacial score (nSPS) is 18.2. The average Bonchev–Trinajstić information content (AvgIpc) is 2.41. The fourth-order valence-corrected chi connectivity index (χ4v) is 2.80. The topological polar surface area (TPSA) is 41.1 Å². The molecular formula is C13H16ClF2IN2O. The third-order valence-corrected chi connectivity index (χ3v) is 4.10. The van der Waals surface area contributed by atoms with E-state index >= 15 is 0 Å². The zero-order valence-corrected chi connectivity index (χ0v) is 13.7. The number of amides is 1. The number of halogens is 4. The molecule has 2 rings (SSSR count). The van der Waals surface area contributed by atoms with Gasteiger partial charge in [0, 0.05) is 10.1 Å². The van der Waals surface area contributed by atoms with E-state index in [1.807, 2.05) is 22.6 Å². The van der Waals surface area contributed by atoms with Crippen LogP contribution >= 0.6 is 35.0 Å². The molecule has 0 radical (unpaired) electrons. The number of nitrogens with one attached hydrogen (secondary N) is 2. The highest BCUT2D eigenvalue weighted by atomic mass is 127. The van der Waals surface area contributed by atoms with Crippen LogP contribution in [0.15, 0.2) is 12.1 Å². The first-order valence-electron chi connectivity index (χ1n) is 6.21. The van der Waals surface area contributed by atoms with Crippen molar-refractivity contribution in [3.63, 3.8) is 0 Å². The number of piperidine rings is 1. The fraction of sp³-hybridized carbons (Fsp3) is 0.462. The molecular weight excluding hydrogens is 401 g/mol. The van der Waals surface area contributed by atoms with Gasteiger partial charge in [0.05, 0.1) is 5.56 Å². The number of hydrogen-bond acceptors (Lipinski definition) is 2. The van der Waals surface area contributed by atoms with Crippen molar-refractivity contribution >= 4 is 40.9 Å². The molecule has 0 spiro atoms. The highest BCUT2D eigenvalue weighted by Crippen LogP contribution is 2.17. The maximum Gasteiger partial charge on any atom is 0.252 e. The average molecular weight is 417 g/mol. The highest BCUT2D eigenvalue weighted by Gasteiger charge is 2.17. The molecule has 0 saturated carbocycles. The largest absolute Gasteiger partial charge is 0.352 e. The van der Waals surface area contributed by atoms with Crippen LogP contribution in [0.5, 0.6) is 0 Å². The molecule has 7 heteroatoms. The van der Waals surface area contributed by atoms with Crippen LogP contribution in [0, 0.1) is 21.1 Å². The predicted octanol–water partition coefficient (Wildman–Crippen LogP) is 2.72. The molecule has 20 heavy (non-hydrogen) atoms. The van der Waals surface area contributed by atoms with E-state index in [2.05, 4.69) is 10.6 Å². The Labute approximate surface area is 136 Å². The molecule has 112 valence electrons. The van der Waals surface area contributed by atoms with E-state index in [1.54, 1.807) is 0 Å². The summed E-state index contributed by atoms with van der Waals surface area (Å²) in [6.07, 6.45) is 2.17. The Bertz CT molecular complexity index is 482. The van der Waals surface area contributed by atoms with Crippen molar-refractivity contribution in [1.82, 2.24) is 10.6 Å². The molecule has 1 saturated heterocycles. The first kappa shape index (κ1) is 17.6. The third kappa shape index (κ3) is 4.53. The maximum atomic E-state index is 13.1. The molecule has 0 bridgehead atoms. The van der Waals surface area contributed by atoms with Gasteiger partial charge in [0.25, 0.3) is 5.91 Å². The minimum Gasteiger partial charge on any atom is -0.352 e. The van der Waals surface area contributed by atoms with Gasteiger partial charge >= 0.3 is 0 Å². The quantitative estimate of drug-likeness (QED) is 0.588. The van der Waals surface area contributed by atoms with Gasteiger partial charge in [-0.15, -0.1) is 12.4 Å². The first-order valence-corrected chi connectivity index (χ1v) is 7.29. The second-order valence-electron chi connectivity index (χ2n) is 4.67. The van der Waals surface area contributed by atoms with Crippen LogP contribution in [0.4, 0.5) is 8.78 Å². The summed E-state index contributed by atoms with van der Waals surface area (Å²) in [5.74, 6) is -1.88. The molecule has 1 aliphatic heterocycles. The molecule has 1 unspecified atom stereocenters. The molecule has 1 aromatic carbocycles.